The van der Waals surface area contributed by atoms with Crippen molar-refractivity contribution in [2.45, 2.75) is 32.0 Å². The van der Waals surface area contributed by atoms with Gasteiger partial charge in [0, 0.05) is 27.9 Å². The first-order valence-electron chi connectivity index (χ1n) is 11.4. The second kappa shape index (κ2) is 10.3. The number of halogens is 4. The standard InChI is InChI=1S/C26H23ClF3N3O4/c1-2-21(25(36)32-18-7-4-14(5-8-18)24(31)35)33-12-22-20(11-23(33)34)19-10-17(27)6-3-15(19)9-16(13-37-22)26(28,29)30/h3-8,10-12,16,21H,2,9,13H2,1H3,(H2,31,35)(H,32,36)/t16-,21+/m1/s1. The molecule has 1 aromatic heterocycles. The van der Waals surface area contributed by atoms with Gasteiger partial charge in [0.25, 0.3) is 5.56 Å². The van der Waals surface area contributed by atoms with E-state index in [0.29, 0.717) is 27.4 Å². The topological polar surface area (TPSA) is 103 Å². The van der Waals surface area contributed by atoms with Crippen molar-refractivity contribution in [3.05, 3.63) is 81.2 Å². The molecule has 11 heteroatoms. The van der Waals surface area contributed by atoms with Crippen LogP contribution in [0.3, 0.4) is 0 Å². The van der Waals surface area contributed by atoms with E-state index in [1.165, 1.54) is 54.7 Å². The van der Waals surface area contributed by atoms with Crippen LogP contribution in [0.25, 0.3) is 11.1 Å². The smallest absolute Gasteiger partial charge is 0.395 e. The maximum atomic E-state index is 13.7. The van der Waals surface area contributed by atoms with Crippen LogP contribution in [0.5, 0.6) is 5.75 Å². The number of ether oxygens (including phenoxy) is 1. The fourth-order valence-corrected chi connectivity index (χ4v) is 4.42. The van der Waals surface area contributed by atoms with Gasteiger partial charge in [-0.25, -0.2) is 0 Å². The summed E-state index contributed by atoms with van der Waals surface area (Å²) >= 11 is 6.13. The van der Waals surface area contributed by atoms with Crippen LogP contribution in [0.15, 0.2) is 59.5 Å². The second-order valence-corrected chi connectivity index (χ2v) is 9.14. The first kappa shape index (κ1) is 26.3. The van der Waals surface area contributed by atoms with Crippen LogP contribution in [0.4, 0.5) is 18.9 Å². The Balaban J connectivity index is 1.72. The average Bonchev–Trinajstić information content (AvgIpc) is 2.82. The van der Waals surface area contributed by atoms with Gasteiger partial charge in [-0.1, -0.05) is 24.6 Å². The van der Waals surface area contributed by atoms with Crippen LogP contribution >= 0.6 is 11.6 Å². The quantitative estimate of drug-likeness (QED) is 0.483. The molecule has 3 aromatic rings. The molecule has 0 unspecified atom stereocenters. The Morgan fingerprint density at radius 2 is 1.86 bits per heavy atom. The summed E-state index contributed by atoms with van der Waals surface area (Å²) in [4.78, 5) is 37.5. The summed E-state index contributed by atoms with van der Waals surface area (Å²) in [6.45, 7) is 1.05. The summed E-state index contributed by atoms with van der Waals surface area (Å²) in [6, 6.07) is 10.7. The molecule has 0 bridgehead atoms. The lowest BCUT2D eigenvalue weighted by Gasteiger charge is -2.27. The number of amides is 2. The van der Waals surface area contributed by atoms with Gasteiger partial charge in [0.05, 0.1) is 12.1 Å². The molecule has 2 amide bonds. The lowest BCUT2D eigenvalue weighted by atomic mass is 9.91. The Bertz CT molecular complexity index is 1400. The zero-order chi connectivity index (χ0) is 26.9. The van der Waals surface area contributed by atoms with E-state index in [0.717, 1.165) is 4.57 Å². The molecule has 2 heterocycles. The largest absolute Gasteiger partial charge is 0.491 e. The Labute approximate surface area is 215 Å². The van der Waals surface area contributed by atoms with Crippen molar-refractivity contribution < 1.29 is 27.5 Å². The van der Waals surface area contributed by atoms with Crippen molar-refractivity contribution in [2.24, 2.45) is 11.7 Å². The van der Waals surface area contributed by atoms with Gasteiger partial charge in [-0.3, -0.25) is 19.0 Å². The molecule has 37 heavy (non-hydrogen) atoms. The van der Waals surface area contributed by atoms with E-state index in [-0.39, 0.29) is 24.2 Å². The molecular weight excluding hydrogens is 511 g/mol. The van der Waals surface area contributed by atoms with Gasteiger partial charge >= 0.3 is 6.18 Å². The summed E-state index contributed by atoms with van der Waals surface area (Å²) in [5, 5.41) is 2.98. The Morgan fingerprint density at radius 1 is 1.16 bits per heavy atom. The Hall–Kier alpha value is -3.79. The number of carbonyl (C=O) groups is 2. The molecule has 2 aromatic carbocycles. The number of rotatable bonds is 5. The molecule has 0 fully saturated rings. The molecule has 0 saturated carbocycles. The van der Waals surface area contributed by atoms with Gasteiger partial charge in [-0.2, -0.15) is 13.2 Å². The van der Waals surface area contributed by atoms with Gasteiger partial charge in [0.15, 0.2) is 0 Å². The second-order valence-electron chi connectivity index (χ2n) is 8.71. The van der Waals surface area contributed by atoms with Crippen molar-refractivity contribution >= 4 is 29.1 Å². The van der Waals surface area contributed by atoms with Gasteiger partial charge in [0.2, 0.25) is 11.8 Å². The predicted molar refractivity (Wildman–Crippen MR) is 133 cm³/mol. The molecule has 0 aliphatic carbocycles. The number of hydrogen-bond acceptors (Lipinski definition) is 4. The van der Waals surface area contributed by atoms with Crippen molar-refractivity contribution in [1.29, 1.82) is 0 Å². The number of alkyl halides is 3. The zero-order valence-electron chi connectivity index (χ0n) is 19.6. The number of hydrogen-bond donors (Lipinski definition) is 2. The number of primary amides is 1. The molecule has 1 aliphatic rings. The summed E-state index contributed by atoms with van der Waals surface area (Å²) in [6.07, 6.45) is -3.35. The maximum Gasteiger partial charge on any atom is 0.395 e. The van der Waals surface area contributed by atoms with Crippen LogP contribution in [-0.2, 0) is 11.2 Å². The maximum absolute atomic E-state index is 13.7. The van der Waals surface area contributed by atoms with E-state index in [9.17, 15) is 27.6 Å². The highest BCUT2D eigenvalue weighted by atomic mass is 35.5. The van der Waals surface area contributed by atoms with Crippen LogP contribution in [0.1, 0.15) is 35.3 Å². The fourth-order valence-electron chi connectivity index (χ4n) is 4.25. The average molecular weight is 534 g/mol. The van der Waals surface area contributed by atoms with Crippen LogP contribution in [-0.4, -0.2) is 29.2 Å². The minimum Gasteiger partial charge on any atom is -0.491 e. The number of aromatic nitrogens is 1. The van der Waals surface area contributed by atoms with E-state index in [1.54, 1.807) is 6.92 Å². The van der Waals surface area contributed by atoms with Crippen LogP contribution in [0, 0.1) is 5.92 Å². The number of nitrogens with one attached hydrogen (secondary N) is 1. The highest BCUT2D eigenvalue weighted by molar-refractivity contribution is 6.30. The van der Waals surface area contributed by atoms with E-state index in [2.05, 4.69) is 5.32 Å². The molecule has 0 saturated heterocycles. The third-order valence-corrected chi connectivity index (χ3v) is 6.47. The number of fused-ring (bicyclic) bond motifs is 3. The van der Waals surface area contributed by atoms with E-state index < -0.39 is 42.1 Å². The van der Waals surface area contributed by atoms with E-state index in [1.807, 2.05) is 0 Å². The molecule has 3 N–H and O–H groups in total. The number of nitrogens with two attached hydrogens (primary N) is 1. The Morgan fingerprint density at radius 3 is 2.49 bits per heavy atom. The zero-order valence-corrected chi connectivity index (χ0v) is 20.4. The van der Waals surface area contributed by atoms with Crippen LogP contribution in [0.2, 0.25) is 5.02 Å². The minimum absolute atomic E-state index is 0.0362. The molecule has 0 radical (unpaired) electrons. The molecule has 194 valence electrons. The molecule has 7 nitrogen and oxygen atoms in total. The minimum atomic E-state index is -4.50. The van der Waals surface area contributed by atoms with E-state index >= 15 is 0 Å². The summed E-state index contributed by atoms with van der Waals surface area (Å²) < 4.78 is 47.7. The van der Waals surface area contributed by atoms with Gasteiger partial charge < -0.3 is 15.8 Å². The Kier molecular flexibility index (Phi) is 7.31. The number of carbonyl (C=O) groups excluding carboxylic acids is 2. The molecule has 4 rings (SSSR count). The third kappa shape index (κ3) is 5.64. The molecular formula is C26H23ClF3N3O4. The fraction of sp³-hybridized carbons (Fsp3) is 0.269. The van der Waals surface area contributed by atoms with Gasteiger partial charge in [0.1, 0.15) is 18.4 Å². The summed E-state index contributed by atoms with van der Waals surface area (Å²) in [7, 11) is 0. The molecule has 2 atom stereocenters. The number of pyridine rings is 1. The SMILES string of the molecule is CC[C@@H](C(=O)Nc1ccc(C(N)=O)cc1)n1cc2c(cc1=O)-c1cc(Cl)ccc1C[C@@H](C(F)(F)F)CO2. The van der Waals surface area contributed by atoms with Crippen molar-refractivity contribution in [3.63, 3.8) is 0 Å². The first-order valence-corrected chi connectivity index (χ1v) is 11.8. The molecule has 1 aliphatic heterocycles. The summed E-state index contributed by atoms with van der Waals surface area (Å²) in [5.74, 6) is -2.88. The van der Waals surface area contributed by atoms with Crippen molar-refractivity contribution in [3.8, 4) is 16.9 Å². The van der Waals surface area contributed by atoms with E-state index in [4.69, 9.17) is 22.1 Å². The lowest BCUT2D eigenvalue weighted by molar-refractivity contribution is -0.181. The van der Waals surface area contributed by atoms with Crippen molar-refractivity contribution in [1.82, 2.24) is 4.57 Å². The number of benzene rings is 2. The lowest BCUT2D eigenvalue weighted by Crippen LogP contribution is -2.34. The van der Waals surface area contributed by atoms with Crippen molar-refractivity contribution in [2.75, 3.05) is 11.9 Å². The third-order valence-electron chi connectivity index (χ3n) is 6.24. The van der Waals surface area contributed by atoms with Gasteiger partial charge in [-0.15, -0.1) is 0 Å². The predicted octanol–water partition coefficient (Wildman–Crippen LogP) is 4.97. The highest BCUT2D eigenvalue weighted by Crippen LogP contribution is 2.40. The number of nitrogens with zero attached hydrogens (tertiary/aromatic N) is 1. The normalized spacial score (nSPS) is 15.9. The number of anilines is 1. The molecule has 0 spiro atoms. The monoisotopic (exact) mass is 533 g/mol. The summed E-state index contributed by atoms with van der Waals surface area (Å²) in [5.41, 5.74) is 6.39. The van der Waals surface area contributed by atoms with Gasteiger partial charge in [-0.05, 0) is 60.4 Å². The first-order chi connectivity index (χ1) is 17.5. The highest BCUT2D eigenvalue weighted by Gasteiger charge is 2.41. The van der Waals surface area contributed by atoms with Crippen LogP contribution < -0.4 is 21.3 Å².